The van der Waals surface area contributed by atoms with Crippen molar-refractivity contribution >= 4 is 55.1 Å². The lowest BCUT2D eigenvalue weighted by Crippen LogP contribution is -2.38. The van der Waals surface area contributed by atoms with Crippen LogP contribution in [0.1, 0.15) is 16.7 Å². The monoisotopic (exact) mass is 192 g/mol. The largest absolute Gasteiger partial charge is 0.146 e. The van der Waals surface area contributed by atoms with E-state index in [0.29, 0.717) is 0 Å². The summed E-state index contributed by atoms with van der Waals surface area (Å²) in [6.07, 6.45) is -0.00611. The minimum Gasteiger partial charge on any atom is -0.146 e. The van der Waals surface area contributed by atoms with E-state index in [-0.39, 0.29) is 0 Å². The third-order valence-electron chi connectivity index (χ3n) is 1.59. The second-order valence-corrected chi connectivity index (χ2v) is 4.39. The van der Waals surface area contributed by atoms with Gasteiger partial charge < -0.3 is 0 Å². The van der Waals surface area contributed by atoms with Crippen LogP contribution in [0.25, 0.3) is 0 Å². The average Bonchev–Trinajstić information content (AvgIpc) is 2.52. The van der Waals surface area contributed by atoms with Crippen molar-refractivity contribution in [2.24, 2.45) is 0 Å². The number of aryl methyl sites for hydroxylation is 2. The lowest BCUT2D eigenvalue weighted by molar-refractivity contribution is 1.19. The molecule has 0 atom stereocenters. The topological polar surface area (TPSA) is 0 Å². The second kappa shape index (κ2) is 7.39. The van der Waals surface area contributed by atoms with Gasteiger partial charge in [-0.1, -0.05) is 6.92 Å². The summed E-state index contributed by atoms with van der Waals surface area (Å²) < 4.78 is 0. The highest BCUT2D eigenvalue weighted by molar-refractivity contribution is 7.76. The van der Waals surface area contributed by atoms with E-state index in [9.17, 15) is 0 Å². The average molecular weight is 191 g/mol. The fourth-order valence-corrected chi connectivity index (χ4v) is 1.51. The fraction of sp³-hybridized carbons (Fsp3) is 0.429. The first-order chi connectivity index (χ1) is 6.47. The fourth-order valence-electron chi connectivity index (χ4n) is 0.675. The molecule has 1 rings (SSSR count). The maximum absolute atomic E-state index is 4.96. The summed E-state index contributed by atoms with van der Waals surface area (Å²) >= 11 is 1.89. The van der Waals surface area contributed by atoms with Gasteiger partial charge in [-0.2, -0.15) is 0 Å². The van der Waals surface area contributed by atoms with Crippen LogP contribution in [0, 0.1) is 6.92 Å². The Labute approximate surface area is 97.3 Å². The van der Waals surface area contributed by atoms with Crippen molar-refractivity contribution in [3.05, 3.63) is 21.9 Å². The molecule has 0 spiro atoms. The van der Waals surface area contributed by atoms with Gasteiger partial charge in [-0.3, -0.25) is 0 Å². The van der Waals surface area contributed by atoms with E-state index in [0.717, 1.165) is 0 Å². The first kappa shape index (κ1) is 14.1. The molecule has 0 fully saturated rings. The molecule has 0 aliphatic heterocycles. The van der Waals surface area contributed by atoms with Crippen LogP contribution in [0.15, 0.2) is 12.1 Å². The molecule has 0 saturated carbocycles. The Morgan fingerprint density at radius 3 is 1.79 bits per heavy atom. The summed E-state index contributed by atoms with van der Waals surface area (Å²) in [5, 5.41) is 0. The van der Waals surface area contributed by atoms with Gasteiger partial charge in [0.25, 0.3) is 0 Å². The van der Waals surface area contributed by atoms with Gasteiger partial charge in [0.2, 0.25) is 0 Å². The molecule has 0 aromatic carbocycles. The summed E-state index contributed by atoms with van der Waals surface area (Å²) in [5.74, 6) is 0. The molecule has 0 amide bonds. The molecule has 8 radical (unpaired) electrons. The molecular formula is C7H10B6S. The summed E-state index contributed by atoms with van der Waals surface area (Å²) in [6, 6.07) is 4.36. The first-order valence-electron chi connectivity index (χ1n) is 4.55. The number of hydrogen-bond donors (Lipinski definition) is 0. The van der Waals surface area contributed by atoms with Crippen LogP contribution in [-0.2, 0) is 6.42 Å². The minimum atomic E-state index is -0.593. The van der Waals surface area contributed by atoms with Crippen molar-refractivity contribution in [2.45, 2.75) is 20.3 Å². The third-order valence-corrected chi connectivity index (χ3v) is 2.73. The lowest BCUT2D eigenvalue weighted by Gasteiger charge is -2.00. The standard InChI is InChI=1S/C7H10S.B6/c1-3-7-5-4-6(2)8-7;1-5(2)6(3)4/h4-5H,3H2,1-2H3;. The molecule has 0 unspecified atom stereocenters. The van der Waals surface area contributed by atoms with E-state index in [2.05, 4.69) is 26.0 Å². The summed E-state index contributed by atoms with van der Waals surface area (Å²) in [4.78, 5) is 2.91. The number of thiophene rings is 1. The minimum absolute atomic E-state index is 0.593. The molecule has 7 heteroatoms. The van der Waals surface area contributed by atoms with Crippen molar-refractivity contribution in [1.82, 2.24) is 0 Å². The molecule has 0 nitrogen and oxygen atoms in total. The van der Waals surface area contributed by atoms with Crippen LogP contribution in [0.2, 0.25) is 0 Å². The van der Waals surface area contributed by atoms with Gasteiger partial charge in [0.05, 0.1) is 0 Å². The Morgan fingerprint density at radius 2 is 1.64 bits per heavy atom. The van der Waals surface area contributed by atoms with E-state index in [4.69, 9.17) is 30.9 Å². The van der Waals surface area contributed by atoms with Gasteiger partial charge in [-0.15, -0.1) is 11.3 Å². The molecule has 62 valence electrons. The number of rotatable bonds is 2. The highest BCUT2D eigenvalue weighted by atomic mass is 32.1. The Kier molecular flexibility index (Phi) is 7.44. The van der Waals surface area contributed by atoms with Gasteiger partial charge in [0.1, 0.15) is 0 Å². The molecular weight excluding hydrogens is 181 g/mol. The van der Waals surface area contributed by atoms with Gasteiger partial charge in [-0.05, 0) is 25.5 Å². The van der Waals surface area contributed by atoms with Gasteiger partial charge >= 0.3 is 0 Å². The highest BCUT2D eigenvalue weighted by Crippen LogP contribution is 2.14. The molecule has 0 saturated heterocycles. The van der Waals surface area contributed by atoms with E-state index >= 15 is 0 Å². The smallest absolute Gasteiger partial charge is 0.00453 e. The van der Waals surface area contributed by atoms with E-state index in [1.165, 1.54) is 16.2 Å². The van der Waals surface area contributed by atoms with Crippen LogP contribution < -0.4 is 0 Å². The maximum Gasteiger partial charge on any atom is 0.00453 e. The van der Waals surface area contributed by atoms with Crippen LogP contribution >= 0.6 is 11.3 Å². The van der Waals surface area contributed by atoms with Crippen molar-refractivity contribution in [2.75, 3.05) is 0 Å². The van der Waals surface area contributed by atoms with Gasteiger partial charge in [0.15, 0.2) is 0 Å². The Hall–Kier alpha value is 0.0896. The van der Waals surface area contributed by atoms with Crippen molar-refractivity contribution in [1.29, 1.82) is 0 Å². The van der Waals surface area contributed by atoms with Crippen LogP contribution in [0.4, 0.5) is 0 Å². The third kappa shape index (κ3) is 6.53. The van der Waals surface area contributed by atoms with Crippen molar-refractivity contribution in [3.63, 3.8) is 0 Å². The summed E-state index contributed by atoms with van der Waals surface area (Å²) in [7, 11) is 19.9. The lowest BCUT2D eigenvalue weighted by atomic mass is 8.81. The zero-order valence-electron chi connectivity index (χ0n) is 8.73. The van der Waals surface area contributed by atoms with Crippen molar-refractivity contribution in [3.8, 4) is 0 Å². The molecule has 1 aromatic rings. The van der Waals surface area contributed by atoms with E-state index in [1.807, 2.05) is 11.3 Å². The molecule has 0 bridgehead atoms. The van der Waals surface area contributed by atoms with Gasteiger partial charge in [-0.25, -0.2) is 0 Å². The predicted octanol–water partition coefficient (Wildman–Crippen LogP) is 0.334. The summed E-state index contributed by atoms with van der Waals surface area (Å²) in [5.41, 5.74) is 0. The number of hydrogen-bond acceptors (Lipinski definition) is 1. The molecule has 14 heavy (non-hydrogen) atoms. The van der Waals surface area contributed by atoms with E-state index < -0.39 is 12.8 Å². The molecule has 0 aliphatic carbocycles. The van der Waals surface area contributed by atoms with Gasteiger partial charge in [0, 0.05) is 53.5 Å². The Morgan fingerprint density at radius 1 is 1.14 bits per heavy atom. The molecule has 1 heterocycles. The Balaban J connectivity index is 0.000000255. The van der Waals surface area contributed by atoms with E-state index in [1.54, 1.807) is 0 Å². The summed E-state index contributed by atoms with van der Waals surface area (Å²) in [6.45, 7) is 4.33. The first-order valence-corrected chi connectivity index (χ1v) is 5.36. The second-order valence-electron chi connectivity index (χ2n) is 3.02. The maximum atomic E-state index is 4.96. The zero-order valence-corrected chi connectivity index (χ0v) is 9.55. The van der Waals surface area contributed by atoms with Crippen LogP contribution in [0.5, 0.6) is 0 Å². The zero-order chi connectivity index (χ0) is 11.1. The SMILES string of the molecule is CCc1ccc(C)s1.[B]B([B])B([B])[B]. The molecule has 0 N–H and O–H groups in total. The van der Waals surface area contributed by atoms with Crippen molar-refractivity contribution < 1.29 is 0 Å². The van der Waals surface area contributed by atoms with Crippen LogP contribution in [0.3, 0.4) is 0 Å². The van der Waals surface area contributed by atoms with Crippen LogP contribution in [-0.4, -0.2) is 43.7 Å². The highest BCUT2D eigenvalue weighted by Gasteiger charge is 2.00. The predicted molar refractivity (Wildman–Crippen MR) is 73.0 cm³/mol. The molecule has 1 aromatic heterocycles. The molecule has 0 aliphatic rings. The normalized spacial score (nSPS) is 8.71. The Bertz CT molecular complexity index is 240. The quantitative estimate of drug-likeness (QED) is 0.591.